The van der Waals surface area contributed by atoms with E-state index in [1.165, 1.54) is 5.57 Å². The van der Waals surface area contributed by atoms with Crippen LogP contribution in [-0.4, -0.2) is 32.5 Å². The summed E-state index contributed by atoms with van der Waals surface area (Å²) in [6.07, 6.45) is 5.73. The van der Waals surface area contributed by atoms with Gasteiger partial charge in [0.2, 0.25) is 0 Å². The van der Waals surface area contributed by atoms with Crippen LogP contribution in [0.3, 0.4) is 0 Å². The summed E-state index contributed by atoms with van der Waals surface area (Å²) in [6.45, 7) is 3.07. The fourth-order valence-corrected chi connectivity index (χ4v) is 2.31. The molecule has 3 aliphatic heterocycles. The zero-order valence-electron chi connectivity index (χ0n) is 9.18. The van der Waals surface area contributed by atoms with Crippen molar-refractivity contribution in [1.82, 2.24) is 0 Å². The summed E-state index contributed by atoms with van der Waals surface area (Å²) in [5, 5.41) is 0. The van der Waals surface area contributed by atoms with E-state index in [0.717, 1.165) is 11.0 Å². The van der Waals surface area contributed by atoms with E-state index in [4.69, 9.17) is 19.8 Å². The van der Waals surface area contributed by atoms with E-state index in [0.29, 0.717) is 13.2 Å². The molecule has 0 bridgehead atoms. The van der Waals surface area contributed by atoms with Crippen LogP contribution >= 0.6 is 0 Å². The van der Waals surface area contributed by atoms with Crippen molar-refractivity contribution >= 4 is 7.12 Å². The zero-order chi connectivity index (χ0) is 11.1. The molecule has 0 aromatic carbocycles. The van der Waals surface area contributed by atoms with E-state index in [-0.39, 0.29) is 19.3 Å². The molecule has 0 fully saturated rings. The summed E-state index contributed by atoms with van der Waals surface area (Å²) in [5.41, 5.74) is 9.06. The molecule has 3 aliphatic rings. The number of rotatable bonds is 1. The van der Waals surface area contributed by atoms with E-state index < -0.39 is 0 Å². The molecule has 0 aromatic heterocycles. The van der Waals surface area contributed by atoms with Crippen LogP contribution in [0, 0.1) is 0 Å². The van der Waals surface area contributed by atoms with E-state index >= 15 is 0 Å². The Morgan fingerprint density at radius 3 is 3.25 bits per heavy atom. The highest BCUT2D eigenvalue weighted by Crippen LogP contribution is 2.35. The van der Waals surface area contributed by atoms with Crippen molar-refractivity contribution in [3.8, 4) is 0 Å². The Balaban J connectivity index is 2.07. The highest BCUT2D eigenvalue weighted by atomic mass is 16.6. The Morgan fingerprint density at radius 1 is 1.56 bits per heavy atom. The minimum Gasteiger partial charge on any atom is -0.494 e. The predicted molar refractivity (Wildman–Crippen MR) is 60.4 cm³/mol. The normalized spacial score (nSPS) is 32.1. The third kappa shape index (κ3) is 1.43. The van der Waals surface area contributed by atoms with E-state index in [9.17, 15) is 0 Å². The van der Waals surface area contributed by atoms with Crippen LogP contribution in [0.4, 0.5) is 0 Å². The van der Waals surface area contributed by atoms with Crippen LogP contribution in [0.1, 0.15) is 6.92 Å². The van der Waals surface area contributed by atoms with Crippen molar-refractivity contribution < 1.29 is 14.0 Å². The first-order valence-electron chi connectivity index (χ1n) is 5.54. The van der Waals surface area contributed by atoms with Crippen molar-refractivity contribution in [1.29, 1.82) is 0 Å². The third-order valence-corrected chi connectivity index (χ3v) is 3.20. The fourth-order valence-electron chi connectivity index (χ4n) is 2.31. The van der Waals surface area contributed by atoms with Crippen LogP contribution in [0.25, 0.3) is 0 Å². The number of hydrogen-bond donors (Lipinski definition) is 1. The molecule has 0 aliphatic carbocycles. The van der Waals surface area contributed by atoms with Gasteiger partial charge in [-0.3, -0.25) is 0 Å². The van der Waals surface area contributed by atoms with Gasteiger partial charge in [-0.1, -0.05) is 0 Å². The van der Waals surface area contributed by atoms with Gasteiger partial charge in [0.25, 0.3) is 0 Å². The Kier molecular flexibility index (Phi) is 2.39. The van der Waals surface area contributed by atoms with Gasteiger partial charge in [0.05, 0.1) is 19.0 Å². The Bertz CT molecular complexity index is 402. The summed E-state index contributed by atoms with van der Waals surface area (Å²) >= 11 is 0. The number of ether oxygens (including phenoxy) is 1. The maximum absolute atomic E-state index is 5.73. The summed E-state index contributed by atoms with van der Waals surface area (Å²) in [4.78, 5) is 0. The van der Waals surface area contributed by atoms with Crippen LogP contribution < -0.4 is 5.73 Å². The maximum atomic E-state index is 5.73. The second-order valence-corrected chi connectivity index (χ2v) is 4.20. The molecule has 5 heteroatoms. The molecule has 0 aromatic rings. The van der Waals surface area contributed by atoms with Gasteiger partial charge in [-0.2, -0.15) is 0 Å². The highest BCUT2D eigenvalue weighted by molar-refractivity contribution is 6.57. The number of nitrogens with two attached hydrogens (primary N) is 1. The lowest BCUT2D eigenvalue weighted by molar-refractivity contribution is 0.165. The van der Waals surface area contributed by atoms with Crippen molar-refractivity contribution in [2.75, 3.05) is 13.2 Å². The van der Waals surface area contributed by atoms with Crippen molar-refractivity contribution in [2.45, 2.75) is 19.1 Å². The van der Waals surface area contributed by atoms with Crippen LogP contribution in [0.2, 0.25) is 0 Å². The quantitative estimate of drug-likeness (QED) is 0.654. The maximum Gasteiger partial charge on any atom is 0.495 e. The van der Waals surface area contributed by atoms with Gasteiger partial charge in [0, 0.05) is 6.54 Å². The lowest BCUT2D eigenvalue weighted by Gasteiger charge is -2.23. The molecule has 0 saturated heterocycles. The SMILES string of the molecule is CC1OC=CC2=CC(CN)OB3OCC1=C32. The third-order valence-electron chi connectivity index (χ3n) is 3.20. The van der Waals surface area contributed by atoms with Crippen molar-refractivity contribution in [3.63, 3.8) is 0 Å². The molecule has 16 heavy (non-hydrogen) atoms. The molecule has 2 atom stereocenters. The first-order valence-corrected chi connectivity index (χ1v) is 5.54. The summed E-state index contributed by atoms with van der Waals surface area (Å²) < 4.78 is 16.9. The Hall–Kier alpha value is -1.04. The van der Waals surface area contributed by atoms with E-state index in [2.05, 4.69) is 0 Å². The lowest BCUT2D eigenvalue weighted by atomic mass is 9.70. The Labute approximate surface area is 94.9 Å². The minimum absolute atomic E-state index is 0.0557. The number of hydrogen-bond acceptors (Lipinski definition) is 4. The van der Waals surface area contributed by atoms with Gasteiger partial charge >= 0.3 is 7.12 Å². The van der Waals surface area contributed by atoms with E-state index in [1.54, 1.807) is 6.26 Å². The molecule has 0 spiro atoms. The molecule has 0 saturated carbocycles. The Morgan fingerprint density at radius 2 is 2.44 bits per heavy atom. The van der Waals surface area contributed by atoms with Gasteiger partial charge in [0.1, 0.15) is 6.10 Å². The molecule has 2 N–H and O–H groups in total. The van der Waals surface area contributed by atoms with Gasteiger partial charge in [-0.25, -0.2) is 0 Å². The first kappa shape index (κ1) is 10.1. The number of allylic oxidation sites excluding steroid dienone is 3. The fraction of sp³-hybridized carbons (Fsp3) is 0.455. The standard InChI is InChI=1S/C11H14BNO3/c1-7-10-6-15-12-11(10)8(2-3-14-7)4-9(5-13)16-12/h2-4,7,9H,5-6,13H2,1H3. The largest absolute Gasteiger partial charge is 0.495 e. The molecule has 3 rings (SSSR count). The molecule has 84 valence electrons. The average molecular weight is 219 g/mol. The van der Waals surface area contributed by atoms with E-state index in [1.807, 2.05) is 19.1 Å². The molecule has 4 nitrogen and oxygen atoms in total. The van der Waals surface area contributed by atoms with Crippen LogP contribution in [0.15, 0.2) is 35.0 Å². The smallest absolute Gasteiger partial charge is 0.494 e. The first-order chi connectivity index (χ1) is 7.79. The molecular formula is C11H14BNO3. The zero-order valence-corrected chi connectivity index (χ0v) is 9.18. The monoisotopic (exact) mass is 219 g/mol. The summed E-state index contributed by atoms with van der Waals surface area (Å²) in [6, 6.07) is 0. The summed E-state index contributed by atoms with van der Waals surface area (Å²) in [7, 11) is -0.266. The van der Waals surface area contributed by atoms with Gasteiger partial charge in [-0.15, -0.1) is 0 Å². The topological polar surface area (TPSA) is 53.7 Å². The van der Waals surface area contributed by atoms with Crippen molar-refractivity contribution in [2.24, 2.45) is 5.73 Å². The molecule has 0 radical (unpaired) electrons. The van der Waals surface area contributed by atoms with Gasteiger partial charge < -0.3 is 19.8 Å². The molecule has 0 amide bonds. The van der Waals surface area contributed by atoms with Crippen LogP contribution in [-0.2, 0) is 14.0 Å². The van der Waals surface area contributed by atoms with Crippen LogP contribution in [0.5, 0.6) is 0 Å². The molecule has 3 heterocycles. The summed E-state index contributed by atoms with van der Waals surface area (Å²) in [5.74, 6) is 0. The second-order valence-electron chi connectivity index (χ2n) is 4.20. The highest BCUT2D eigenvalue weighted by Gasteiger charge is 2.41. The minimum atomic E-state index is -0.266. The lowest BCUT2D eigenvalue weighted by Crippen LogP contribution is -2.36. The molecular weight excluding hydrogens is 205 g/mol. The average Bonchev–Trinajstić information content (AvgIpc) is 2.65. The predicted octanol–water partition coefficient (Wildman–Crippen LogP) is 0.557. The van der Waals surface area contributed by atoms with Gasteiger partial charge in [0.15, 0.2) is 0 Å². The second kappa shape index (κ2) is 3.77. The van der Waals surface area contributed by atoms with Gasteiger partial charge in [-0.05, 0) is 35.7 Å². The molecule has 2 unspecified atom stereocenters. The van der Waals surface area contributed by atoms with Crippen molar-refractivity contribution in [3.05, 3.63) is 35.0 Å².